The fourth-order valence-electron chi connectivity index (χ4n) is 3.22. The Kier molecular flexibility index (Phi) is 3.40. The van der Waals surface area contributed by atoms with Crippen LogP contribution in [0.5, 0.6) is 0 Å². The van der Waals surface area contributed by atoms with Crippen LogP contribution in [0.25, 0.3) is 5.57 Å². The number of alkyl halides is 3. The molecule has 0 radical (unpaired) electrons. The molecular weight excluding hydrogens is 281 g/mol. The van der Waals surface area contributed by atoms with Gasteiger partial charge in [0.2, 0.25) is 0 Å². The van der Waals surface area contributed by atoms with Gasteiger partial charge in [-0.25, -0.2) is 0 Å². The zero-order chi connectivity index (χ0) is 15.2. The minimum Gasteiger partial charge on any atom is -0.364 e. The number of hydrogen-bond donors (Lipinski definition) is 0. The van der Waals surface area contributed by atoms with Gasteiger partial charge in [-0.1, -0.05) is 31.2 Å². The van der Waals surface area contributed by atoms with Crippen LogP contribution in [-0.2, 0) is 9.53 Å². The monoisotopic (exact) mass is 296 g/mol. The molecule has 0 saturated heterocycles. The highest BCUT2D eigenvalue weighted by Crippen LogP contribution is 2.49. The Hall–Kier alpha value is -1.62. The SMILES string of the molecule is C[C@@H]1C(=O)C=C2c3ccccc3[C@H](OCC(F)(F)F)C[C@H]21. The Morgan fingerprint density at radius 2 is 2.00 bits per heavy atom. The molecule has 0 saturated carbocycles. The third-order valence-corrected chi connectivity index (χ3v) is 4.28. The lowest BCUT2D eigenvalue weighted by Crippen LogP contribution is -2.26. The molecule has 0 bridgehead atoms. The molecule has 112 valence electrons. The molecule has 0 amide bonds. The first-order valence-corrected chi connectivity index (χ1v) is 6.90. The van der Waals surface area contributed by atoms with Gasteiger partial charge in [-0.2, -0.15) is 13.2 Å². The minimum atomic E-state index is -4.35. The molecule has 3 rings (SSSR count). The Balaban J connectivity index is 1.94. The predicted molar refractivity (Wildman–Crippen MR) is 71.4 cm³/mol. The largest absolute Gasteiger partial charge is 0.411 e. The minimum absolute atomic E-state index is 0.0428. The number of hydrogen-bond acceptors (Lipinski definition) is 2. The van der Waals surface area contributed by atoms with Gasteiger partial charge in [-0.05, 0) is 35.1 Å². The Bertz CT molecular complexity index is 604. The van der Waals surface area contributed by atoms with Gasteiger partial charge in [0.15, 0.2) is 5.78 Å². The van der Waals surface area contributed by atoms with Crippen molar-refractivity contribution in [1.82, 2.24) is 0 Å². The second-order valence-corrected chi connectivity index (χ2v) is 5.63. The van der Waals surface area contributed by atoms with Crippen molar-refractivity contribution in [2.45, 2.75) is 25.6 Å². The second kappa shape index (κ2) is 4.98. The molecule has 1 aromatic rings. The quantitative estimate of drug-likeness (QED) is 0.826. The number of ether oxygens (including phenoxy) is 1. The third-order valence-electron chi connectivity index (χ3n) is 4.28. The zero-order valence-corrected chi connectivity index (χ0v) is 11.5. The normalized spacial score (nSPS) is 28.1. The highest BCUT2D eigenvalue weighted by molar-refractivity contribution is 6.04. The van der Waals surface area contributed by atoms with E-state index in [0.29, 0.717) is 6.42 Å². The number of benzene rings is 1. The standard InChI is InChI=1S/C16H15F3O2/c1-9-12-7-15(21-8-16(17,18)19)11-5-3-2-4-10(11)13(12)6-14(9)20/h2-6,9,12,15H,7-8H2,1H3/t9-,12-,15+/m0/s1. The fourth-order valence-corrected chi connectivity index (χ4v) is 3.22. The highest BCUT2D eigenvalue weighted by Gasteiger charge is 2.41. The van der Waals surface area contributed by atoms with Crippen molar-refractivity contribution < 1.29 is 22.7 Å². The molecule has 0 aromatic heterocycles. The summed E-state index contributed by atoms with van der Waals surface area (Å²) in [6.07, 6.45) is -2.90. The average Bonchev–Trinajstić information content (AvgIpc) is 2.72. The van der Waals surface area contributed by atoms with Crippen LogP contribution < -0.4 is 0 Å². The summed E-state index contributed by atoms with van der Waals surface area (Å²) in [5.74, 6) is -0.197. The van der Waals surface area contributed by atoms with E-state index in [2.05, 4.69) is 0 Å². The first-order valence-electron chi connectivity index (χ1n) is 6.90. The lowest BCUT2D eigenvalue weighted by Gasteiger charge is -2.33. The van der Waals surface area contributed by atoms with Gasteiger partial charge in [-0.3, -0.25) is 4.79 Å². The number of carbonyl (C=O) groups is 1. The first-order chi connectivity index (χ1) is 9.87. The molecule has 0 aliphatic heterocycles. The van der Waals surface area contributed by atoms with Gasteiger partial charge in [0.25, 0.3) is 0 Å². The summed E-state index contributed by atoms with van der Waals surface area (Å²) in [5.41, 5.74) is 2.53. The van der Waals surface area contributed by atoms with Gasteiger partial charge in [0.05, 0.1) is 6.10 Å². The molecule has 1 aromatic carbocycles. The number of ketones is 1. The molecule has 2 aliphatic carbocycles. The predicted octanol–water partition coefficient (Wildman–Crippen LogP) is 3.93. The van der Waals surface area contributed by atoms with Gasteiger partial charge in [-0.15, -0.1) is 0 Å². The first kappa shape index (κ1) is 14.3. The van der Waals surface area contributed by atoms with E-state index in [-0.39, 0.29) is 17.6 Å². The molecule has 0 N–H and O–H groups in total. The maximum Gasteiger partial charge on any atom is 0.411 e. The molecule has 0 spiro atoms. The molecule has 0 unspecified atom stereocenters. The molecule has 3 atom stereocenters. The van der Waals surface area contributed by atoms with Crippen LogP contribution in [0.3, 0.4) is 0 Å². The van der Waals surface area contributed by atoms with Crippen LogP contribution in [-0.4, -0.2) is 18.6 Å². The maximum absolute atomic E-state index is 12.4. The Labute approximate surface area is 120 Å². The summed E-state index contributed by atoms with van der Waals surface area (Å²) >= 11 is 0. The number of allylic oxidation sites excluding steroid dienone is 2. The summed E-state index contributed by atoms with van der Waals surface area (Å²) < 4.78 is 42.3. The smallest absolute Gasteiger partial charge is 0.364 e. The van der Waals surface area contributed by atoms with E-state index >= 15 is 0 Å². The molecule has 2 aliphatic rings. The van der Waals surface area contributed by atoms with Gasteiger partial charge >= 0.3 is 6.18 Å². The van der Waals surface area contributed by atoms with E-state index in [1.807, 2.05) is 19.1 Å². The number of carbonyl (C=O) groups excluding carboxylic acids is 1. The van der Waals surface area contributed by atoms with Crippen molar-refractivity contribution in [3.8, 4) is 0 Å². The van der Waals surface area contributed by atoms with Crippen LogP contribution in [0.1, 0.15) is 30.6 Å². The van der Waals surface area contributed by atoms with Crippen LogP contribution >= 0.6 is 0 Å². The maximum atomic E-state index is 12.4. The van der Waals surface area contributed by atoms with Gasteiger partial charge in [0.1, 0.15) is 6.61 Å². The van der Waals surface area contributed by atoms with Crippen LogP contribution in [0.15, 0.2) is 30.3 Å². The number of halogens is 3. The summed E-state index contributed by atoms with van der Waals surface area (Å²) in [6, 6.07) is 7.24. The van der Waals surface area contributed by atoms with Crippen molar-refractivity contribution in [1.29, 1.82) is 0 Å². The molecule has 0 fully saturated rings. The molecular formula is C16H15F3O2. The average molecular weight is 296 g/mol. The van der Waals surface area contributed by atoms with Crippen molar-refractivity contribution in [3.05, 3.63) is 41.5 Å². The summed E-state index contributed by atoms with van der Waals surface area (Å²) in [6.45, 7) is 0.561. The fraction of sp³-hybridized carbons (Fsp3) is 0.438. The van der Waals surface area contributed by atoms with Gasteiger partial charge < -0.3 is 4.74 Å². The summed E-state index contributed by atoms with van der Waals surface area (Å²) in [4.78, 5) is 11.9. The van der Waals surface area contributed by atoms with E-state index in [1.54, 1.807) is 18.2 Å². The molecule has 5 heteroatoms. The van der Waals surface area contributed by atoms with E-state index in [0.717, 1.165) is 16.7 Å². The van der Waals surface area contributed by atoms with Crippen molar-refractivity contribution in [2.75, 3.05) is 6.61 Å². The Morgan fingerprint density at radius 3 is 2.71 bits per heavy atom. The van der Waals surface area contributed by atoms with E-state index < -0.39 is 18.9 Å². The topological polar surface area (TPSA) is 26.3 Å². The second-order valence-electron chi connectivity index (χ2n) is 5.63. The third kappa shape index (κ3) is 2.62. The molecule has 21 heavy (non-hydrogen) atoms. The molecule has 2 nitrogen and oxygen atoms in total. The van der Waals surface area contributed by atoms with Crippen LogP contribution in [0.4, 0.5) is 13.2 Å². The van der Waals surface area contributed by atoms with E-state index in [4.69, 9.17) is 4.74 Å². The lowest BCUT2D eigenvalue weighted by atomic mass is 9.76. The number of rotatable bonds is 2. The zero-order valence-electron chi connectivity index (χ0n) is 11.5. The Morgan fingerprint density at radius 1 is 1.29 bits per heavy atom. The van der Waals surface area contributed by atoms with Crippen molar-refractivity contribution in [2.24, 2.45) is 11.8 Å². The van der Waals surface area contributed by atoms with Crippen molar-refractivity contribution >= 4 is 11.4 Å². The van der Waals surface area contributed by atoms with E-state index in [9.17, 15) is 18.0 Å². The highest BCUT2D eigenvalue weighted by atomic mass is 19.4. The van der Waals surface area contributed by atoms with E-state index in [1.165, 1.54) is 0 Å². The number of fused-ring (bicyclic) bond motifs is 3. The van der Waals surface area contributed by atoms with Crippen LogP contribution in [0, 0.1) is 11.8 Å². The summed E-state index contributed by atoms with van der Waals surface area (Å²) in [7, 11) is 0. The van der Waals surface area contributed by atoms with Gasteiger partial charge in [0, 0.05) is 5.92 Å². The lowest BCUT2D eigenvalue weighted by molar-refractivity contribution is -0.188. The summed E-state index contributed by atoms with van der Waals surface area (Å²) in [5, 5.41) is 0. The van der Waals surface area contributed by atoms with Crippen molar-refractivity contribution in [3.63, 3.8) is 0 Å². The molecule has 0 heterocycles. The van der Waals surface area contributed by atoms with Crippen LogP contribution in [0.2, 0.25) is 0 Å².